The number of allylic oxidation sites excluding steroid dienone is 2. The lowest BCUT2D eigenvalue weighted by Crippen LogP contribution is -2.25. The summed E-state index contributed by atoms with van der Waals surface area (Å²) in [6, 6.07) is 0. The number of carboxylic acids is 1. The Morgan fingerprint density at radius 1 is 1.04 bits per heavy atom. The number of hydrogen-bond acceptors (Lipinski definition) is 1. The molecule has 28 heavy (non-hydrogen) atoms. The van der Waals surface area contributed by atoms with Crippen LogP contribution in [-0.2, 0) is 4.79 Å². The zero-order valence-electron chi connectivity index (χ0n) is 18.1. The first-order chi connectivity index (χ1) is 13.7. The summed E-state index contributed by atoms with van der Waals surface area (Å²) in [7, 11) is 0. The van der Waals surface area contributed by atoms with Gasteiger partial charge in [-0.2, -0.15) is 0 Å². The molecule has 3 atom stereocenters. The normalized spacial score (nSPS) is 24.2. The van der Waals surface area contributed by atoms with Crippen molar-refractivity contribution in [1.29, 1.82) is 0 Å². The maximum atomic E-state index is 11.7. The van der Waals surface area contributed by atoms with E-state index in [0.29, 0.717) is 17.8 Å². The highest BCUT2D eigenvalue weighted by Gasteiger charge is 2.28. The molecule has 0 aromatic rings. The second kappa shape index (κ2) is 13.9. The van der Waals surface area contributed by atoms with Crippen molar-refractivity contribution in [3.05, 3.63) is 12.2 Å². The summed E-state index contributed by atoms with van der Waals surface area (Å²) in [4.78, 5) is 11.7. The van der Waals surface area contributed by atoms with Gasteiger partial charge in [-0.1, -0.05) is 69.9 Å². The first-order valence-electron chi connectivity index (χ1n) is 12.1. The van der Waals surface area contributed by atoms with Crippen molar-refractivity contribution in [2.24, 2.45) is 23.7 Å². The van der Waals surface area contributed by atoms with Gasteiger partial charge in [0.25, 0.3) is 0 Å². The third-order valence-electron chi connectivity index (χ3n) is 6.89. The number of unbranched alkanes of at least 4 members (excludes halogenated alkanes) is 4. The molecule has 2 rings (SSSR count). The Labute approximate surface area is 173 Å². The quantitative estimate of drug-likeness (QED) is 0.228. The predicted octanol–water partition coefficient (Wildman–Crippen LogP) is 7.38. The van der Waals surface area contributed by atoms with E-state index >= 15 is 0 Å². The van der Waals surface area contributed by atoms with Crippen molar-refractivity contribution in [3.63, 3.8) is 0 Å². The Morgan fingerprint density at radius 3 is 2.61 bits per heavy atom. The summed E-state index contributed by atoms with van der Waals surface area (Å²) in [6.07, 6.45) is 23.5. The highest BCUT2D eigenvalue weighted by Crippen LogP contribution is 2.35. The summed E-state index contributed by atoms with van der Waals surface area (Å²) in [6.45, 7) is 2.25. The van der Waals surface area contributed by atoms with Crippen LogP contribution in [0, 0.1) is 35.5 Å². The van der Waals surface area contributed by atoms with Gasteiger partial charge in [-0.15, -0.1) is 5.92 Å². The minimum atomic E-state index is -0.578. The first kappa shape index (κ1) is 23.1. The molecule has 1 N–H and O–H groups in total. The third kappa shape index (κ3) is 8.42. The van der Waals surface area contributed by atoms with E-state index in [0.717, 1.165) is 38.5 Å². The van der Waals surface area contributed by atoms with Crippen LogP contribution < -0.4 is 0 Å². The van der Waals surface area contributed by atoms with Crippen LogP contribution in [0.25, 0.3) is 0 Å². The molecule has 2 fully saturated rings. The summed E-state index contributed by atoms with van der Waals surface area (Å²) >= 11 is 0. The molecule has 0 radical (unpaired) electrons. The fraction of sp³-hybridized carbons (Fsp3) is 0.808. The van der Waals surface area contributed by atoms with Crippen LogP contribution in [0.1, 0.15) is 110 Å². The number of aliphatic carboxylic acids is 1. The molecule has 2 aliphatic rings. The largest absolute Gasteiger partial charge is 0.481 e. The van der Waals surface area contributed by atoms with Crippen LogP contribution in [0.5, 0.6) is 0 Å². The van der Waals surface area contributed by atoms with E-state index in [-0.39, 0.29) is 5.92 Å². The van der Waals surface area contributed by atoms with Gasteiger partial charge in [-0.05, 0) is 63.2 Å². The maximum Gasteiger partial charge on any atom is 0.306 e. The number of hydrogen-bond donors (Lipinski definition) is 1. The molecule has 1 unspecified atom stereocenters. The first-order valence-corrected chi connectivity index (χ1v) is 12.1. The van der Waals surface area contributed by atoms with E-state index in [1.54, 1.807) is 0 Å². The SMILES string of the molecule is CCCCCCC#C[C@H]1CCC[C@@H]1CC=CCCC(C(=O)O)C1CCCCC1. The van der Waals surface area contributed by atoms with Crippen molar-refractivity contribution < 1.29 is 9.90 Å². The van der Waals surface area contributed by atoms with Crippen LogP contribution in [0.15, 0.2) is 12.2 Å². The zero-order valence-corrected chi connectivity index (χ0v) is 18.1. The van der Waals surface area contributed by atoms with E-state index < -0.39 is 5.97 Å². The molecule has 0 spiro atoms. The number of carboxylic acid groups (broad SMARTS) is 1. The molecule has 0 bridgehead atoms. The van der Waals surface area contributed by atoms with E-state index in [9.17, 15) is 9.90 Å². The Hall–Kier alpha value is -1.23. The highest BCUT2D eigenvalue weighted by atomic mass is 16.4. The number of carbonyl (C=O) groups is 1. The van der Waals surface area contributed by atoms with Crippen molar-refractivity contribution in [1.82, 2.24) is 0 Å². The van der Waals surface area contributed by atoms with Crippen LogP contribution in [-0.4, -0.2) is 11.1 Å². The number of rotatable bonds is 11. The highest BCUT2D eigenvalue weighted by molar-refractivity contribution is 5.70. The van der Waals surface area contributed by atoms with Crippen molar-refractivity contribution in [2.45, 2.75) is 110 Å². The van der Waals surface area contributed by atoms with Crippen LogP contribution >= 0.6 is 0 Å². The van der Waals surface area contributed by atoms with Gasteiger partial charge in [0.1, 0.15) is 0 Å². The van der Waals surface area contributed by atoms with Crippen molar-refractivity contribution in [2.75, 3.05) is 0 Å². The molecule has 0 heterocycles. The monoisotopic (exact) mass is 386 g/mol. The lowest BCUT2D eigenvalue weighted by Gasteiger charge is -2.27. The molecule has 2 aliphatic carbocycles. The lowest BCUT2D eigenvalue weighted by molar-refractivity contribution is -0.144. The Bertz CT molecular complexity index is 518. The zero-order chi connectivity index (χ0) is 20.0. The predicted molar refractivity (Wildman–Crippen MR) is 118 cm³/mol. The van der Waals surface area contributed by atoms with E-state index in [2.05, 4.69) is 30.9 Å². The Balaban J connectivity index is 1.67. The third-order valence-corrected chi connectivity index (χ3v) is 6.89. The van der Waals surface area contributed by atoms with Gasteiger partial charge in [-0.3, -0.25) is 4.79 Å². The second-order valence-corrected chi connectivity index (χ2v) is 9.06. The van der Waals surface area contributed by atoms with Crippen molar-refractivity contribution >= 4 is 5.97 Å². The standard InChI is InChI=1S/C26H42O2/c1-2-3-4-5-6-9-15-22-19-14-20-23(22)16-10-8-13-21-25(26(27)28)24-17-11-7-12-18-24/h8,10,22-25H,2-7,11-14,16-21H2,1H3,(H,27,28)/t22-,23-,25?/m0/s1. The molecule has 0 aromatic carbocycles. The maximum absolute atomic E-state index is 11.7. The van der Waals surface area contributed by atoms with Gasteiger partial charge < -0.3 is 5.11 Å². The topological polar surface area (TPSA) is 37.3 Å². The van der Waals surface area contributed by atoms with Crippen molar-refractivity contribution in [3.8, 4) is 11.8 Å². The minimum absolute atomic E-state index is 0.136. The fourth-order valence-electron chi connectivity index (χ4n) is 5.11. The van der Waals surface area contributed by atoms with Crippen LogP contribution in [0.3, 0.4) is 0 Å². The molecule has 0 saturated heterocycles. The molecule has 2 heteroatoms. The summed E-state index contributed by atoms with van der Waals surface area (Å²) < 4.78 is 0. The van der Waals surface area contributed by atoms with Gasteiger partial charge in [0.15, 0.2) is 0 Å². The molecule has 0 amide bonds. The van der Waals surface area contributed by atoms with E-state index in [1.807, 2.05) is 0 Å². The fourth-order valence-corrected chi connectivity index (χ4v) is 5.11. The Kier molecular flexibility index (Phi) is 11.4. The lowest BCUT2D eigenvalue weighted by atomic mass is 9.78. The molecular formula is C26H42O2. The molecule has 2 saturated carbocycles. The molecule has 2 nitrogen and oxygen atoms in total. The summed E-state index contributed by atoms with van der Waals surface area (Å²) in [5.41, 5.74) is 0. The molecule has 0 aromatic heterocycles. The average Bonchev–Trinajstić information content (AvgIpc) is 3.15. The van der Waals surface area contributed by atoms with Gasteiger partial charge in [0, 0.05) is 12.3 Å². The van der Waals surface area contributed by atoms with Gasteiger partial charge in [0.2, 0.25) is 0 Å². The summed E-state index contributed by atoms with van der Waals surface area (Å²) in [5.74, 6) is 8.00. The Morgan fingerprint density at radius 2 is 1.86 bits per heavy atom. The average molecular weight is 387 g/mol. The minimum Gasteiger partial charge on any atom is -0.481 e. The van der Waals surface area contributed by atoms with Crippen LogP contribution in [0.2, 0.25) is 0 Å². The van der Waals surface area contributed by atoms with E-state index in [1.165, 1.54) is 64.2 Å². The molecule has 158 valence electrons. The molecular weight excluding hydrogens is 344 g/mol. The van der Waals surface area contributed by atoms with Gasteiger partial charge in [-0.25, -0.2) is 0 Å². The smallest absolute Gasteiger partial charge is 0.306 e. The molecule has 0 aliphatic heterocycles. The van der Waals surface area contributed by atoms with Gasteiger partial charge >= 0.3 is 5.97 Å². The van der Waals surface area contributed by atoms with Gasteiger partial charge in [0.05, 0.1) is 5.92 Å². The summed E-state index contributed by atoms with van der Waals surface area (Å²) in [5, 5.41) is 9.60. The van der Waals surface area contributed by atoms with E-state index in [4.69, 9.17) is 0 Å². The van der Waals surface area contributed by atoms with Crippen LogP contribution in [0.4, 0.5) is 0 Å². The second-order valence-electron chi connectivity index (χ2n) is 9.06.